The third-order valence-electron chi connectivity index (χ3n) is 3.63. The average Bonchev–Trinajstić information content (AvgIpc) is 2.66. The lowest BCUT2D eigenvalue weighted by Crippen LogP contribution is -2.41. The molecule has 1 fully saturated rings. The first kappa shape index (κ1) is 16.6. The molecule has 1 aliphatic heterocycles. The second-order valence-electron chi connectivity index (χ2n) is 5.65. The monoisotopic (exact) mass is 328 g/mol. The van der Waals surface area contributed by atoms with Crippen molar-refractivity contribution in [3.63, 3.8) is 0 Å². The van der Waals surface area contributed by atoms with Crippen molar-refractivity contribution in [1.29, 1.82) is 0 Å². The summed E-state index contributed by atoms with van der Waals surface area (Å²) >= 11 is 0. The Morgan fingerprint density at radius 3 is 2.32 bits per heavy atom. The van der Waals surface area contributed by atoms with Gasteiger partial charge in [0.05, 0.1) is 26.3 Å². The van der Waals surface area contributed by atoms with Gasteiger partial charge in [-0.3, -0.25) is 0 Å². The second kappa shape index (κ2) is 5.77. The summed E-state index contributed by atoms with van der Waals surface area (Å²) in [7, 11) is -1.17. The molecule has 8 heteroatoms. The lowest BCUT2D eigenvalue weighted by atomic mass is 10.1. The summed E-state index contributed by atoms with van der Waals surface area (Å²) in [6.45, 7) is 3.78. The van der Waals surface area contributed by atoms with E-state index in [2.05, 4.69) is 4.74 Å². The number of methoxy groups -OCH3 is 2. The number of hydrogen-bond donors (Lipinski definition) is 0. The van der Waals surface area contributed by atoms with E-state index in [4.69, 9.17) is 4.74 Å². The van der Waals surface area contributed by atoms with E-state index in [1.165, 1.54) is 4.31 Å². The van der Waals surface area contributed by atoms with E-state index in [1.807, 2.05) is 0 Å². The van der Waals surface area contributed by atoms with Gasteiger partial charge in [-0.2, -0.15) is 17.0 Å². The summed E-state index contributed by atoms with van der Waals surface area (Å²) in [4.78, 5) is 11.7. The van der Waals surface area contributed by atoms with Crippen molar-refractivity contribution in [2.45, 2.75) is 25.9 Å². The largest absolute Gasteiger partial charge is 0.497 e. The van der Waals surface area contributed by atoms with Crippen molar-refractivity contribution in [1.82, 2.24) is 8.61 Å². The van der Waals surface area contributed by atoms with Gasteiger partial charge in [0.2, 0.25) is 0 Å². The molecule has 7 nitrogen and oxygen atoms in total. The van der Waals surface area contributed by atoms with Gasteiger partial charge in [0.15, 0.2) is 0 Å². The van der Waals surface area contributed by atoms with Crippen LogP contribution >= 0.6 is 0 Å². The normalized spacial score (nSPS) is 19.9. The van der Waals surface area contributed by atoms with Crippen molar-refractivity contribution in [2.24, 2.45) is 0 Å². The zero-order valence-electron chi connectivity index (χ0n) is 13.1. The highest BCUT2D eigenvalue weighted by atomic mass is 32.2. The highest BCUT2D eigenvalue weighted by Gasteiger charge is 2.51. The van der Waals surface area contributed by atoms with Gasteiger partial charge in [0.25, 0.3) is 0 Å². The Morgan fingerprint density at radius 1 is 1.23 bits per heavy atom. The molecule has 1 aliphatic rings. The van der Waals surface area contributed by atoms with Crippen LogP contribution < -0.4 is 4.74 Å². The number of benzene rings is 1. The first-order valence-corrected chi connectivity index (χ1v) is 8.13. The van der Waals surface area contributed by atoms with Gasteiger partial charge in [-0.25, -0.2) is 4.79 Å². The van der Waals surface area contributed by atoms with Crippen LogP contribution in [0, 0.1) is 0 Å². The number of carbonyl (C=O) groups is 1. The van der Waals surface area contributed by atoms with Crippen LogP contribution in [0.25, 0.3) is 0 Å². The Hall–Kier alpha value is -1.80. The van der Waals surface area contributed by atoms with E-state index in [0.29, 0.717) is 5.75 Å². The van der Waals surface area contributed by atoms with Crippen LogP contribution in [0.2, 0.25) is 0 Å². The standard InChI is InChI=1S/C14H20N2O5S/c1-14(2)10-15(13(17)21-4)22(18,19)16(14)9-11-5-7-12(20-3)8-6-11/h5-8H,9-10H2,1-4H3. The molecule has 1 aromatic carbocycles. The van der Waals surface area contributed by atoms with Gasteiger partial charge in [-0.15, -0.1) is 0 Å². The molecule has 0 saturated carbocycles. The lowest BCUT2D eigenvalue weighted by molar-refractivity contribution is 0.146. The van der Waals surface area contributed by atoms with Crippen LogP contribution in [0.3, 0.4) is 0 Å². The summed E-state index contributed by atoms with van der Waals surface area (Å²) in [6.07, 6.45) is -0.870. The van der Waals surface area contributed by atoms with Gasteiger partial charge >= 0.3 is 16.3 Å². The summed E-state index contributed by atoms with van der Waals surface area (Å²) in [5.74, 6) is 0.698. The first-order chi connectivity index (χ1) is 10.2. The van der Waals surface area contributed by atoms with Gasteiger partial charge in [0, 0.05) is 6.54 Å². The molecule has 0 radical (unpaired) electrons. The van der Waals surface area contributed by atoms with E-state index in [1.54, 1.807) is 45.2 Å². The van der Waals surface area contributed by atoms with Crippen LogP contribution in [0.1, 0.15) is 19.4 Å². The Labute approximate surface area is 130 Å². The van der Waals surface area contributed by atoms with Gasteiger partial charge in [0.1, 0.15) is 5.75 Å². The smallest absolute Gasteiger partial charge is 0.424 e. The number of ether oxygens (including phenoxy) is 2. The van der Waals surface area contributed by atoms with Crippen LogP contribution in [-0.2, 0) is 21.5 Å². The molecule has 1 saturated heterocycles. The summed E-state index contributed by atoms with van der Waals surface area (Å²) in [5, 5.41) is 0. The van der Waals surface area contributed by atoms with Crippen molar-refractivity contribution in [3.05, 3.63) is 29.8 Å². The molecule has 0 unspecified atom stereocenters. The van der Waals surface area contributed by atoms with Gasteiger partial charge in [-0.1, -0.05) is 12.1 Å². The molecule has 122 valence electrons. The average molecular weight is 328 g/mol. The predicted octanol–water partition coefficient (Wildman–Crippen LogP) is 1.60. The lowest BCUT2D eigenvalue weighted by Gasteiger charge is -2.27. The fraction of sp³-hybridized carbons (Fsp3) is 0.500. The van der Waals surface area contributed by atoms with Crippen LogP contribution in [0.15, 0.2) is 24.3 Å². The van der Waals surface area contributed by atoms with E-state index in [0.717, 1.165) is 17.0 Å². The number of amides is 1. The zero-order valence-corrected chi connectivity index (χ0v) is 13.9. The Morgan fingerprint density at radius 2 is 1.82 bits per heavy atom. The maximum atomic E-state index is 12.6. The highest BCUT2D eigenvalue weighted by Crippen LogP contribution is 2.33. The first-order valence-electron chi connectivity index (χ1n) is 6.74. The van der Waals surface area contributed by atoms with Crippen LogP contribution in [-0.4, -0.2) is 49.4 Å². The van der Waals surface area contributed by atoms with Crippen molar-refractivity contribution in [2.75, 3.05) is 20.8 Å². The molecule has 0 aromatic heterocycles. The third kappa shape index (κ3) is 2.89. The zero-order chi connectivity index (χ0) is 16.5. The maximum Gasteiger partial charge on any atom is 0.424 e. The molecule has 0 aliphatic carbocycles. The molecule has 22 heavy (non-hydrogen) atoms. The fourth-order valence-corrected chi connectivity index (χ4v) is 4.37. The van der Waals surface area contributed by atoms with Crippen molar-refractivity contribution in [3.8, 4) is 5.75 Å². The molecule has 0 bridgehead atoms. The summed E-state index contributed by atoms with van der Waals surface area (Å²) in [5.41, 5.74) is 0.0941. The fourth-order valence-electron chi connectivity index (χ4n) is 2.40. The topological polar surface area (TPSA) is 76.2 Å². The SMILES string of the molecule is COC(=O)N1CC(C)(C)N(Cc2ccc(OC)cc2)S1(=O)=O. The van der Waals surface area contributed by atoms with E-state index >= 15 is 0 Å². The number of carbonyl (C=O) groups excluding carboxylic acids is 1. The van der Waals surface area contributed by atoms with Gasteiger partial charge < -0.3 is 9.47 Å². The molecule has 2 rings (SSSR count). The number of hydrogen-bond acceptors (Lipinski definition) is 5. The third-order valence-corrected chi connectivity index (χ3v) is 5.64. The number of rotatable bonds is 3. The molecule has 1 aromatic rings. The second-order valence-corrected chi connectivity index (χ2v) is 7.43. The van der Waals surface area contributed by atoms with Crippen LogP contribution in [0.5, 0.6) is 5.75 Å². The summed E-state index contributed by atoms with van der Waals surface area (Å²) < 4.78 is 36.8. The van der Waals surface area contributed by atoms with Crippen molar-refractivity contribution < 1.29 is 22.7 Å². The van der Waals surface area contributed by atoms with Gasteiger partial charge in [-0.05, 0) is 31.5 Å². The Kier molecular flexibility index (Phi) is 4.35. The molecule has 0 N–H and O–H groups in total. The molecule has 0 spiro atoms. The van der Waals surface area contributed by atoms with Crippen molar-refractivity contribution >= 4 is 16.3 Å². The molecule has 1 amide bonds. The molecular formula is C14H20N2O5S. The highest BCUT2D eigenvalue weighted by molar-refractivity contribution is 7.87. The quantitative estimate of drug-likeness (QED) is 0.842. The minimum absolute atomic E-state index is 0.0537. The maximum absolute atomic E-state index is 12.6. The molecular weight excluding hydrogens is 308 g/mol. The number of nitrogens with zero attached hydrogens (tertiary/aromatic N) is 2. The van der Waals surface area contributed by atoms with Crippen LogP contribution in [0.4, 0.5) is 4.79 Å². The minimum atomic E-state index is -3.90. The molecule has 0 atom stereocenters. The minimum Gasteiger partial charge on any atom is -0.497 e. The van der Waals surface area contributed by atoms with E-state index in [9.17, 15) is 13.2 Å². The van der Waals surface area contributed by atoms with E-state index < -0.39 is 21.8 Å². The Bertz CT molecular complexity index is 654. The molecule has 1 heterocycles. The Balaban J connectivity index is 2.30. The summed E-state index contributed by atoms with van der Waals surface area (Å²) in [6, 6.07) is 7.13. The predicted molar refractivity (Wildman–Crippen MR) is 80.6 cm³/mol. The van der Waals surface area contributed by atoms with E-state index in [-0.39, 0.29) is 13.1 Å².